The number of nitrogens with zero attached hydrogens (tertiary/aromatic N) is 2. The average Bonchev–Trinajstić information content (AvgIpc) is 2.32. The number of carbonyl (C=O) groups excluding carboxylic acids is 1. The van der Waals surface area contributed by atoms with Crippen molar-refractivity contribution >= 4 is 11.6 Å². The smallest absolute Gasteiger partial charge is 0.227 e. The number of hydrogen-bond donors (Lipinski definition) is 0. The third-order valence-corrected chi connectivity index (χ3v) is 2.86. The van der Waals surface area contributed by atoms with E-state index in [1.165, 1.54) is 5.56 Å². The number of carbonyl (C=O) groups is 1. The van der Waals surface area contributed by atoms with Gasteiger partial charge in [-0.25, -0.2) is 0 Å². The molecule has 0 bridgehead atoms. The van der Waals surface area contributed by atoms with E-state index in [9.17, 15) is 4.79 Å². The third kappa shape index (κ3) is 2.06. The van der Waals surface area contributed by atoms with Gasteiger partial charge in [-0.05, 0) is 24.5 Å². The minimum atomic E-state index is 0.177. The maximum Gasteiger partial charge on any atom is 0.227 e. The van der Waals surface area contributed by atoms with Gasteiger partial charge in [0.1, 0.15) is 0 Å². The second kappa shape index (κ2) is 4.80. The van der Waals surface area contributed by atoms with E-state index in [2.05, 4.69) is 12.1 Å². The molecule has 0 atom stereocenters. The van der Waals surface area contributed by atoms with Gasteiger partial charge in [0.15, 0.2) is 0 Å². The predicted molar refractivity (Wildman–Crippen MR) is 62.0 cm³/mol. The quantitative estimate of drug-likeness (QED) is 0.724. The van der Waals surface area contributed by atoms with Crippen LogP contribution < -0.4 is 4.90 Å². The maximum atomic E-state index is 11.8. The summed E-state index contributed by atoms with van der Waals surface area (Å²) < 4.78 is 0. The number of fused-ring (bicyclic) bond motifs is 1. The maximum absolute atomic E-state index is 11.8. The molecule has 0 fully saturated rings. The first kappa shape index (κ1) is 10.7. The zero-order chi connectivity index (χ0) is 11.4. The minimum Gasteiger partial charge on any atom is -0.312 e. The fourth-order valence-corrected chi connectivity index (χ4v) is 2.06. The molecule has 1 aliphatic heterocycles. The number of anilines is 1. The van der Waals surface area contributed by atoms with Crippen molar-refractivity contribution < 1.29 is 4.79 Å². The molecule has 3 nitrogen and oxygen atoms in total. The van der Waals surface area contributed by atoms with E-state index in [1.54, 1.807) is 0 Å². The average molecular weight is 214 g/mol. The van der Waals surface area contributed by atoms with Crippen LogP contribution in [0.15, 0.2) is 24.3 Å². The van der Waals surface area contributed by atoms with Crippen molar-refractivity contribution in [1.29, 1.82) is 5.26 Å². The van der Waals surface area contributed by atoms with Gasteiger partial charge in [0.25, 0.3) is 0 Å². The summed E-state index contributed by atoms with van der Waals surface area (Å²) in [6.07, 6.45) is 2.68. The van der Waals surface area contributed by atoms with E-state index in [0.29, 0.717) is 19.4 Å². The molecule has 82 valence electrons. The number of rotatable bonds is 3. The zero-order valence-electron chi connectivity index (χ0n) is 9.15. The van der Waals surface area contributed by atoms with E-state index in [4.69, 9.17) is 5.26 Å². The second-order valence-electron chi connectivity index (χ2n) is 3.94. The van der Waals surface area contributed by atoms with Crippen molar-refractivity contribution in [2.75, 3.05) is 11.4 Å². The van der Waals surface area contributed by atoms with Crippen LogP contribution in [0.1, 0.15) is 24.8 Å². The van der Waals surface area contributed by atoms with Crippen molar-refractivity contribution in [2.45, 2.75) is 25.7 Å². The highest BCUT2D eigenvalue weighted by Gasteiger charge is 2.22. The van der Waals surface area contributed by atoms with Gasteiger partial charge in [0.2, 0.25) is 5.91 Å². The summed E-state index contributed by atoms with van der Waals surface area (Å²) in [5, 5.41) is 8.50. The van der Waals surface area contributed by atoms with Gasteiger partial charge in [-0.15, -0.1) is 0 Å². The van der Waals surface area contributed by atoms with Gasteiger partial charge in [-0.2, -0.15) is 5.26 Å². The Bertz CT molecular complexity index is 434. The minimum absolute atomic E-state index is 0.177. The molecule has 0 unspecified atom stereocenters. The van der Waals surface area contributed by atoms with Crippen molar-refractivity contribution in [1.82, 2.24) is 0 Å². The molecular weight excluding hydrogens is 200 g/mol. The molecular formula is C13H14N2O. The van der Waals surface area contributed by atoms with E-state index in [-0.39, 0.29) is 5.91 Å². The topological polar surface area (TPSA) is 44.1 Å². The van der Waals surface area contributed by atoms with Crippen LogP contribution >= 0.6 is 0 Å². The largest absolute Gasteiger partial charge is 0.312 e. The first-order chi connectivity index (χ1) is 7.83. The summed E-state index contributed by atoms with van der Waals surface area (Å²) in [6.45, 7) is 0.656. The number of nitriles is 1. The van der Waals surface area contributed by atoms with Gasteiger partial charge < -0.3 is 4.90 Å². The van der Waals surface area contributed by atoms with Crippen LogP contribution in [-0.4, -0.2) is 12.5 Å². The molecule has 0 spiro atoms. The molecule has 16 heavy (non-hydrogen) atoms. The fraction of sp³-hybridized carbons (Fsp3) is 0.385. The van der Waals surface area contributed by atoms with Crippen molar-refractivity contribution in [2.24, 2.45) is 0 Å². The van der Waals surface area contributed by atoms with E-state index >= 15 is 0 Å². The molecule has 1 aromatic carbocycles. The van der Waals surface area contributed by atoms with Crippen LogP contribution in [0.2, 0.25) is 0 Å². The van der Waals surface area contributed by atoms with Crippen LogP contribution in [-0.2, 0) is 11.2 Å². The molecule has 2 rings (SSSR count). The van der Waals surface area contributed by atoms with Gasteiger partial charge in [-0.1, -0.05) is 18.2 Å². The zero-order valence-corrected chi connectivity index (χ0v) is 9.15. The first-order valence-electron chi connectivity index (χ1n) is 5.58. The number of hydrogen-bond acceptors (Lipinski definition) is 2. The summed E-state index contributed by atoms with van der Waals surface area (Å²) in [5.41, 5.74) is 2.26. The molecule has 1 aromatic rings. The highest BCUT2D eigenvalue weighted by Crippen LogP contribution is 2.27. The Kier molecular flexibility index (Phi) is 3.21. The van der Waals surface area contributed by atoms with Crippen LogP contribution in [0.25, 0.3) is 0 Å². The van der Waals surface area contributed by atoms with Crippen molar-refractivity contribution in [3.63, 3.8) is 0 Å². The Labute approximate surface area is 95.3 Å². The molecule has 0 aromatic heterocycles. The number of unbranched alkanes of at least 4 members (excludes halogenated alkanes) is 1. The number of aryl methyl sites for hydroxylation is 1. The molecule has 0 saturated heterocycles. The Morgan fingerprint density at radius 1 is 1.31 bits per heavy atom. The molecule has 1 amide bonds. The lowest BCUT2D eigenvalue weighted by Crippen LogP contribution is -2.35. The molecule has 0 N–H and O–H groups in total. The summed E-state index contributed by atoms with van der Waals surface area (Å²) in [6, 6.07) is 10.1. The molecule has 3 heteroatoms. The molecule has 0 aliphatic carbocycles. The molecule has 1 aliphatic rings. The number of para-hydroxylation sites is 1. The lowest BCUT2D eigenvalue weighted by molar-refractivity contribution is -0.118. The standard InChI is InChI=1S/C13H14N2O/c14-9-3-4-10-15-12-6-2-1-5-11(12)7-8-13(15)16/h1-2,5-6H,3-4,7-8,10H2. The fourth-order valence-electron chi connectivity index (χ4n) is 2.06. The van der Waals surface area contributed by atoms with Crippen LogP contribution in [0.5, 0.6) is 0 Å². The van der Waals surface area contributed by atoms with E-state index in [1.807, 2.05) is 23.1 Å². The lowest BCUT2D eigenvalue weighted by Gasteiger charge is -2.29. The highest BCUT2D eigenvalue weighted by atomic mass is 16.2. The van der Waals surface area contributed by atoms with Gasteiger partial charge >= 0.3 is 0 Å². The summed E-state index contributed by atoms with van der Waals surface area (Å²) in [5.74, 6) is 0.177. The number of benzene rings is 1. The molecule has 0 saturated carbocycles. The second-order valence-corrected chi connectivity index (χ2v) is 3.94. The molecule has 0 radical (unpaired) electrons. The SMILES string of the molecule is N#CCCCN1C(=O)CCc2ccccc21. The Hall–Kier alpha value is -1.82. The Morgan fingerprint density at radius 2 is 2.12 bits per heavy atom. The Morgan fingerprint density at radius 3 is 2.94 bits per heavy atom. The van der Waals surface area contributed by atoms with Gasteiger partial charge in [0.05, 0.1) is 6.07 Å². The van der Waals surface area contributed by atoms with Gasteiger partial charge in [-0.3, -0.25) is 4.79 Å². The van der Waals surface area contributed by atoms with Crippen molar-refractivity contribution in [3.05, 3.63) is 29.8 Å². The normalized spacial score (nSPS) is 14.4. The predicted octanol–water partition coefficient (Wildman–Crippen LogP) is 2.27. The highest BCUT2D eigenvalue weighted by molar-refractivity contribution is 5.96. The Balaban J connectivity index is 2.17. The first-order valence-corrected chi connectivity index (χ1v) is 5.58. The summed E-state index contributed by atoms with van der Waals surface area (Å²) in [4.78, 5) is 13.6. The van der Waals surface area contributed by atoms with Gasteiger partial charge in [0, 0.05) is 25.1 Å². The summed E-state index contributed by atoms with van der Waals surface area (Å²) >= 11 is 0. The molecule has 1 heterocycles. The van der Waals surface area contributed by atoms with Crippen LogP contribution in [0.4, 0.5) is 5.69 Å². The summed E-state index contributed by atoms with van der Waals surface area (Å²) in [7, 11) is 0. The number of amides is 1. The lowest BCUT2D eigenvalue weighted by atomic mass is 10.0. The van der Waals surface area contributed by atoms with Crippen molar-refractivity contribution in [3.8, 4) is 6.07 Å². The van der Waals surface area contributed by atoms with Crippen LogP contribution in [0, 0.1) is 11.3 Å². The van der Waals surface area contributed by atoms with Crippen LogP contribution in [0.3, 0.4) is 0 Å². The third-order valence-electron chi connectivity index (χ3n) is 2.86. The van der Waals surface area contributed by atoms with E-state index < -0.39 is 0 Å². The monoisotopic (exact) mass is 214 g/mol. The van der Waals surface area contributed by atoms with E-state index in [0.717, 1.165) is 18.5 Å².